The predicted molar refractivity (Wildman–Crippen MR) is 125 cm³/mol. The number of likely N-dealkylation sites (tertiary alicyclic amines) is 1. The molecule has 5 rings (SSSR count). The van der Waals surface area contributed by atoms with Crippen LogP contribution in [0.15, 0.2) is 61.1 Å². The average Bonchev–Trinajstić information content (AvgIpc) is 2.84. The SMILES string of the molecule is COc1cccc(-c2cnc(N)nc2[C@@H]2CCCCN2Cc2ccc3nccnc3c2)c1. The summed E-state index contributed by atoms with van der Waals surface area (Å²) in [4.78, 5) is 20.4. The molecule has 7 nitrogen and oxygen atoms in total. The van der Waals surface area contributed by atoms with E-state index >= 15 is 0 Å². The van der Waals surface area contributed by atoms with E-state index in [1.165, 1.54) is 12.0 Å². The lowest BCUT2D eigenvalue weighted by molar-refractivity contribution is 0.138. The molecule has 1 aliphatic rings. The molecule has 0 bridgehead atoms. The zero-order valence-electron chi connectivity index (χ0n) is 18.1. The van der Waals surface area contributed by atoms with Crippen molar-refractivity contribution in [1.29, 1.82) is 0 Å². The van der Waals surface area contributed by atoms with Crippen molar-refractivity contribution in [2.45, 2.75) is 31.8 Å². The molecule has 0 unspecified atom stereocenters. The van der Waals surface area contributed by atoms with Crippen LogP contribution in [-0.4, -0.2) is 38.5 Å². The summed E-state index contributed by atoms with van der Waals surface area (Å²) in [5, 5.41) is 0. The molecule has 2 aromatic carbocycles. The first-order chi connectivity index (χ1) is 15.7. The summed E-state index contributed by atoms with van der Waals surface area (Å²) in [5.74, 6) is 1.11. The van der Waals surface area contributed by atoms with Gasteiger partial charge >= 0.3 is 0 Å². The lowest BCUT2D eigenvalue weighted by atomic mass is 9.93. The van der Waals surface area contributed by atoms with Crippen LogP contribution in [-0.2, 0) is 6.54 Å². The molecule has 2 aromatic heterocycles. The Kier molecular flexibility index (Phi) is 5.64. The van der Waals surface area contributed by atoms with Gasteiger partial charge in [0.05, 0.1) is 29.9 Å². The van der Waals surface area contributed by atoms with Gasteiger partial charge in [-0.05, 0) is 54.8 Å². The molecule has 0 radical (unpaired) electrons. The predicted octanol–water partition coefficient (Wildman–Crippen LogP) is 4.40. The maximum Gasteiger partial charge on any atom is 0.220 e. The van der Waals surface area contributed by atoms with Gasteiger partial charge in [0.15, 0.2) is 0 Å². The van der Waals surface area contributed by atoms with Gasteiger partial charge in [-0.2, -0.15) is 0 Å². The van der Waals surface area contributed by atoms with Gasteiger partial charge in [0, 0.05) is 30.7 Å². The first-order valence-corrected chi connectivity index (χ1v) is 10.9. The molecule has 2 N–H and O–H groups in total. The van der Waals surface area contributed by atoms with Gasteiger partial charge in [0.25, 0.3) is 0 Å². The minimum Gasteiger partial charge on any atom is -0.497 e. The van der Waals surface area contributed by atoms with Gasteiger partial charge in [-0.25, -0.2) is 9.97 Å². The third-order valence-corrected chi connectivity index (χ3v) is 6.07. The zero-order chi connectivity index (χ0) is 21.9. The monoisotopic (exact) mass is 426 g/mol. The molecule has 0 amide bonds. The Hall–Kier alpha value is -3.58. The number of fused-ring (bicyclic) bond motifs is 1. The van der Waals surface area contributed by atoms with Gasteiger partial charge in [0.2, 0.25) is 5.95 Å². The first-order valence-electron chi connectivity index (χ1n) is 10.9. The molecule has 1 fully saturated rings. The van der Waals surface area contributed by atoms with E-state index in [1.807, 2.05) is 30.5 Å². The second-order valence-corrected chi connectivity index (χ2v) is 8.12. The molecule has 32 heavy (non-hydrogen) atoms. The maximum atomic E-state index is 6.05. The van der Waals surface area contributed by atoms with Crippen molar-refractivity contribution in [3.63, 3.8) is 0 Å². The van der Waals surface area contributed by atoms with Crippen LogP contribution >= 0.6 is 0 Å². The quantitative estimate of drug-likeness (QED) is 0.506. The largest absolute Gasteiger partial charge is 0.497 e. The van der Waals surface area contributed by atoms with Crippen molar-refractivity contribution in [3.05, 3.63) is 72.3 Å². The van der Waals surface area contributed by atoms with Crippen molar-refractivity contribution < 1.29 is 4.74 Å². The number of aromatic nitrogens is 4. The van der Waals surface area contributed by atoms with E-state index < -0.39 is 0 Å². The lowest BCUT2D eigenvalue weighted by Gasteiger charge is -2.36. The van der Waals surface area contributed by atoms with Crippen LogP contribution in [0.5, 0.6) is 5.75 Å². The van der Waals surface area contributed by atoms with E-state index in [2.05, 4.69) is 38.1 Å². The molecule has 162 valence electrons. The number of anilines is 1. The number of ether oxygens (including phenoxy) is 1. The summed E-state index contributed by atoms with van der Waals surface area (Å²) in [6.45, 7) is 1.82. The summed E-state index contributed by atoms with van der Waals surface area (Å²) < 4.78 is 5.43. The number of hydrogen-bond donors (Lipinski definition) is 1. The van der Waals surface area contributed by atoms with Gasteiger partial charge < -0.3 is 10.5 Å². The topological polar surface area (TPSA) is 90.0 Å². The minimum atomic E-state index is 0.160. The summed E-state index contributed by atoms with van der Waals surface area (Å²) in [5.41, 5.74) is 12.1. The van der Waals surface area contributed by atoms with Crippen LogP contribution in [0.2, 0.25) is 0 Å². The number of rotatable bonds is 5. The molecular weight excluding hydrogens is 400 g/mol. The molecule has 1 atom stereocenters. The molecule has 1 saturated heterocycles. The number of hydrogen-bond acceptors (Lipinski definition) is 7. The molecule has 0 saturated carbocycles. The molecule has 7 heteroatoms. The Labute approximate surface area is 187 Å². The summed E-state index contributed by atoms with van der Waals surface area (Å²) in [6.07, 6.45) is 8.65. The molecule has 0 spiro atoms. The van der Waals surface area contributed by atoms with Gasteiger partial charge in [-0.3, -0.25) is 14.9 Å². The number of nitrogen functional groups attached to an aromatic ring is 1. The van der Waals surface area contributed by atoms with Crippen LogP contribution in [0.25, 0.3) is 22.2 Å². The third kappa shape index (κ3) is 4.11. The first kappa shape index (κ1) is 20.3. The van der Waals surface area contributed by atoms with E-state index in [0.29, 0.717) is 5.95 Å². The highest BCUT2D eigenvalue weighted by atomic mass is 16.5. The van der Waals surface area contributed by atoms with Crippen molar-refractivity contribution in [2.24, 2.45) is 0 Å². The Bertz CT molecular complexity index is 1240. The van der Waals surface area contributed by atoms with E-state index in [9.17, 15) is 0 Å². The standard InChI is InChI=1S/C25H26N6O/c1-32-19-6-4-5-18(14-19)20-15-29-25(26)30-24(20)23-7-2-3-12-31(23)16-17-8-9-21-22(13-17)28-11-10-27-21/h4-6,8-11,13-15,23H,2-3,7,12,16H2,1H3,(H2,26,29,30)/t23-/m0/s1. The summed E-state index contributed by atoms with van der Waals surface area (Å²) >= 11 is 0. The Morgan fingerprint density at radius 2 is 1.91 bits per heavy atom. The van der Waals surface area contributed by atoms with E-state index in [1.54, 1.807) is 19.5 Å². The van der Waals surface area contributed by atoms with Crippen molar-refractivity contribution in [3.8, 4) is 16.9 Å². The van der Waals surface area contributed by atoms with Crippen molar-refractivity contribution in [1.82, 2.24) is 24.8 Å². The second kappa shape index (κ2) is 8.88. The number of nitrogens with two attached hydrogens (primary N) is 1. The van der Waals surface area contributed by atoms with E-state index in [4.69, 9.17) is 15.5 Å². The smallest absolute Gasteiger partial charge is 0.220 e. The van der Waals surface area contributed by atoms with E-state index in [0.717, 1.165) is 59.5 Å². The molecule has 3 heterocycles. The summed E-state index contributed by atoms with van der Waals surface area (Å²) in [7, 11) is 1.68. The van der Waals surface area contributed by atoms with Gasteiger partial charge in [-0.1, -0.05) is 24.6 Å². The fourth-order valence-corrected chi connectivity index (χ4v) is 4.51. The fraction of sp³-hybridized carbons (Fsp3) is 0.280. The number of nitrogens with zero attached hydrogens (tertiary/aromatic N) is 5. The number of benzene rings is 2. The van der Waals surface area contributed by atoms with E-state index in [-0.39, 0.29) is 6.04 Å². The fourth-order valence-electron chi connectivity index (χ4n) is 4.51. The zero-order valence-corrected chi connectivity index (χ0v) is 18.1. The molecule has 1 aliphatic heterocycles. The highest BCUT2D eigenvalue weighted by molar-refractivity contribution is 5.74. The van der Waals surface area contributed by atoms with Crippen molar-refractivity contribution >= 4 is 17.0 Å². The van der Waals surface area contributed by atoms with Crippen LogP contribution < -0.4 is 10.5 Å². The number of methoxy groups -OCH3 is 1. The molecule has 0 aliphatic carbocycles. The van der Waals surface area contributed by atoms with Crippen LogP contribution in [0, 0.1) is 0 Å². The number of piperidine rings is 1. The van der Waals surface area contributed by atoms with Crippen LogP contribution in [0.4, 0.5) is 5.95 Å². The molecule has 4 aromatic rings. The van der Waals surface area contributed by atoms with Gasteiger partial charge in [-0.15, -0.1) is 0 Å². The lowest BCUT2D eigenvalue weighted by Crippen LogP contribution is -2.34. The minimum absolute atomic E-state index is 0.160. The maximum absolute atomic E-state index is 6.05. The highest BCUT2D eigenvalue weighted by Crippen LogP contribution is 2.37. The normalized spacial score (nSPS) is 16.8. The second-order valence-electron chi connectivity index (χ2n) is 8.12. The van der Waals surface area contributed by atoms with Gasteiger partial charge in [0.1, 0.15) is 5.75 Å². The Morgan fingerprint density at radius 1 is 1.03 bits per heavy atom. The van der Waals surface area contributed by atoms with Crippen LogP contribution in [0.3, 0.4) is 0 Å². The van der Waals surface area contributed by atoms with Crippen molar-refractivity contribution in [2.75, 3.05) is 19.4 Å². The highest BCUT2D eigenvalue weighted by Gasteiger charge is 2.28. The Morgan fingerprint density at radius 3 is 2.78 bits per heavy atom. The average molecular weight is 427 g/mol. The Balaban J connectivity index is 1.51. The summed E-state index contributed by atoms with van der Waals surface area (Å²) in [6, 6.07) is 14.5. The molecular formula is C25H26N6O. The van der Waals surface area contributed by atoms with Crippen LogP contribution in [0.1, 0.15) is 36.6 Å². The third-order valence-electron chi connectivity index (χ3n) is 6.07.